The molecule has 1 saturated carbocycles. The van der Waals surface area contributed by atoms with Gasteiger partial charge in [-0.15, -0.1) is 0 Å². The number of carbonyl (C=O) groups is 4. The van der Waals surface area contributed by atoms with Crippen molar-refractivity contribution < 1.29 is 19.2 Å². The predicted octanol–water partition coefficient (Wildman–Crippen LogP) is 4.28. The van der Waals surface area contributed by atoms with Gasteiger partial charge in [0, 0.05) is 43.9 Å². The van der Waals surface area contributed by atoms with Crippen LogP contribution in [0.1, 0.15) is 64.3 Å². The third kappa shape index (κ3) is 5.25. The number of nitriles is 1. The van der Waals surface area contributed by atoms with E-state index in [1.54, 1.807) is 29.2 Å². The maximum atomic E-state index is 13.5. The molecule has 2 fully saturated rings. The number of carbonyl (C=O) groups excluding carboxylic acids is 4. The number of amides is 3. The van der Waals surface area contributed by atoms with Gasteiger partial charge in [0.25, 0.3) is 5.91 Å². The highest BCUT2D eigenvalue weighted by Gasteiger charge is 2.48. The first-order valence-corrected chi connectivity index (χ1v) is 13.2. The van der Waals surface area contributed by atoms with E-state index in [-0.39, 0.29) is 30.1 Å². The molecule has 5 rings (SSSR count). The minimum atomic E-state index is -0.800. The molecule has 1 aliphatic carbocycles. The Morgan fingerprint density at radius 2 is 1.68 bits per heavy atom. The number of Topliss-reactive ketones (excluding diaryl/α,β-unsaturated/α-hetero) is 2. The Morgan fingerprint density at radius 3 is 2.23 bits per heavy atom. The van der Waals surface area contributed by atoms with Crippen LogP contribution in [0.5, 0.6) is 0 Å². The summed E-state index contributed by atoms with van der Waals surface area (Å²) in [5.74, 6) is -1.54. The molecule has 9 heteroatoms. The molecule has 1 spiro atoms. The van der Waals surface area contributed by atoms with Crippen LogP contribution in [0.3, 0.4) is 0 Å². The van der Waals surface area contributed by atoms with Crippen LogP contribution in [-0.4, -0.2) is 51.5 Å². The van der Waals surface area contributed by atoms with E-state index in [0.717, 1.165) is 27.9 Å². The lowest BCUT2D eigenvalue weighted by molar-refractivity contribution is -0.138. The van der Waals surface area contributed by atoms with Crippen molar-refractivity contribution in [1.29, 1.82) is 5.26 Å². The molecule has 3 aromatic rings. The largest absolute Gasteiger partial charge is 0.324 e. The summed E-state index contributed by atoms with van der Waals surface area (Å²) in [4.78, 5) is 61.9. The number of aromatic nitrogens is 2. The van der Waals surface area contributed by atoms with Crippen molar-refractivity contribution in [3.63, 3.8) is 0 Å². The quantitative estimate of drug-likeness (QED) is 0.495. The van der Waals surface area contributed by atoms with Crippen molar-refractivity contribution in [3.8, 4) is 17.3 Å². The maximum Gasteiger partial charge on any atom is 0.324 e. The van der Waals surface area contributed by atoms with Crippen LogP contribution >= 0.6 is 0 Å². The van der Waals surface area contributed by atoms with Crippen molar-refractivity contribution in [1.82, 2.24) is 20.2 Å². The highest BCUT2D eigenvalue weighted by molar-refractivity contribution is 6.10. The average Bonchev–Trinajstić information content (AvgIpc) is 2.94. The van der Waals surface area contributed by atoms with E-state index in [1.165, 1.54) is 18.5 Å². The van der Waals surface area contributed by atoms with Crippen LogP contribution in [0.2, 0.25) is 0 Å². The zero-order valence-electron chi connectivity index (χ0n) is 22.4. The Kier molecular flexibility index (Phi) is 7.26. The molecular weight excluding hydrogens is 506 g/mol. The minimum absolute atomic E-state index is 0.0880. The summed E-state index contributed by atoms with van der Waals surface area (Å²) in [5, 5.41) is 11.4. The number of benzene rings is 1. The molecule has 1 aromatic carbocycles. The smallest absolute Gasteiger partial charge is 0.324 e. The third-order valence-corrected chi connectivity index (χ3v) is 8.04. The number of nitrogens with one attached hydrogen (secondary N) is 1. The van der Waals surface area contributed by atoms with Crippen molar-refractivity contribution >= 4 is 23.5 Å². The molecule has 1 N–H and O–H groups in total. The Labute approximate surface area is 232 Å². The molecule has 1 aliphatic heterocycles. The Balaban J connectivity index is 1.26. The monoisotopic (exact) mass is 535 g/mol. The van der Waals surface area contributed by atoms with Gasteiger partial charge in [-0.25, -0.2) is 4.79 Å². The van der Waals surface area contributed by atoms with Crippen LogP contribution < -0.4 is 5.32 Å². The van der Waals surface area contributed by atoms with Crippen molar-refractivity contribution in [2.45, 2.75) is 45.4 Å². The fraction of sp³-hybridized carbons (Fsp3) is 0.323. The van der Waals surface area contributed by atoms with Gasteiger partial charge in [0.2, 0.25) is 0 Å². The molecule has 3 amide bonds. The predicted molar refractivity (Wildman–Crippen MR) is 146 cm³/mol. The number of imide groups is 1. The molecule has 202 valence electrons. The number of urea groups is 1. The molecular formula is C31H29N5O4. The first-order valence-electron chi connectivity index (χ1n) is 13.2. The average molecular weight is 536 g/mol. The lowest BCUT2D eigenvalue weighted by Gasteiger charge is -2.44. The van der Waals surface area contributed by atoms with Crippen LogP contribution in [0.25, 0.3) is 11.3 Å². The van der Waals surface area contributed by atoms with E-state index in [4.69, 9.17) is 5.26 Å². The lowest BCUT2D eigenvalue weighted by atomic mass is 9.62. The second kappa shape index (κ2) is 10.8. The first-order chi connectivity index (χ1) is 19.2. The summed E-state index contributed by atoms with van der Waals surface area (Å²) >= 11 is 0. The fourth-order valence-electron chi connectivity index (χ4n) is 5.99. The van der Waals surface area contributed by atoms with E-state index in [9.17, 15) is 19.2 Å². The fourth-order valence-corrected chi connectivity index (χ4v) is 5.99. The van der Waals surface area contributed by atoms with Gasteiger partial charge < -0.3 is 4.90 Å². The van der Waals surface area contributed by atoms with Crippen molar-refractivity contribution in [2.75, 3.05) is 13.1 Å². The van der Waals surface area contributed by atoms with Gasteiger partial charge in [0.15, 0.2) is 0 Å². The molecule has 0 unspecified atom stereocenters. The SMILES string of the molecule is Cc1cc(-c2ccc(C#N)cn2)cc(C)c1C1C(=O)CC2(CCN(C(=O)NC(=O)c3ccccn3)CC2)CC1=O. The van der Waals surface area contributed by atoms with Gasteiger partial charge in [0.1, 0.15) is 29.2 Å². The number of ketones is 2. The van der Waals surface area contributed by atoms with Crippen molar-refractivity contribution in [3.05, 3.63) is 82.8 Å². The molecule has 40 heavy (non-hydrogen) atoms. The number of rotatable bonds is 3. The Morgan fingerprint density at radius 1 is 1.00 bits per heavy atom. The van der Waals surface area contributed by atoms with Crippen molar-refractivity contribution in [2.24, 2.45) is 5.41 Å². The van der Waals surface area contributed by atoms with Crippen LogP contribution in [-0.2, 0) is 9.59 Å². The summed E-state index contributed by atoms with van der Waals surface area (Å²) in [5.41, 5.74) is 4.21. The van der Waals surface area contributed by atoms with Gasteiger partial charge in [-0.1, -0.05) is 6.07 Å². The van der Waals surface area contributed by atoms with E-state index in [2.05, 4.69) is 21.4 Å². The number of hydrogen-bond donors (Lipinski definition) is 1. The molecule has 2 aromatic heterocycles. The standard InChI is InChI=1S/C31H29N5O4/c1-19-13-22(23-7-6-21(17-32)18-34-23)14-20(2)27(19)28-25(37)15-31(16-26(28)38)8-11-36(12-9-31)30(40)35-29(39)24-5-3-4-10-33-24/h3-7,10,13-14,18,28H,8-9,11-12,15-16H2,1-2H3,(H,35,39,40). The number of aryl methyl sites for hydroxylation is 2. The first kappa shape index (κ1) is 26.9. The highest BCUT2D eigenvalue weighted by atomic mass is 16.2. The summed E-state index contributed by atoms with van der Waals surface area (Å²) in [7, 11) is 0. The Bertz CT molecular complexity index is 1490. The topological polar surface area (TPSA) is 133 Å². The number of likely N-dealkylation sites (tertiary alicyclic amines) is 1. The molecule has 0 radical (unpaired) electrons. The maximum absolute atomic E-state index is 13.5. The van der Waals surface area contributed by atoms with Gasteiger partial charge in [-0.2, -0.15) is 5.26 Å². The molecule has 0 bridgehead atoms. The number of hydrogen-bond acceptors (Lipinski definition) is 7. The molecule has 0 atom stereocenters. The second-order valence-electron chi connectivity index (χ2n) is 10.7. The number of nitrogens with zero attached hydrogens (tertiary/aromatic N) is 4. The van der Waals surface area contributed by atoms with Crippen LogP contribution in [0.15, 0.2) is 54.9 Å². The van der Waals surface area contributed by atoms with Crippen LogP contribution in [0, 0.1) is 30.6 Å². The van der Waals surface area contributed by atoms with E-state index < -0.39 is 23.3 Å². The highest BCUT2D eigenvalue weighted by Crippen LogP contribution is 2.47. The van der Waals surface area contributed by atoms with E-state index >= 15 is 0 Å². The molecule has 9 nitrogen and oxygen atoms in total. The number of pyridine rings is 2. The number of piperidine rings is 1. The van der Waals surface area contributed by atoms with Gasteiger partial charge in [-0.05, 0) is 85.2 Å². The second-order valence-corrected chi connectivity index (χ2v) is 10.7. The van der Waals surface area contributed by atoms with E-state index in [1.807, 2.05) is 26.0 Å². The summed E-state index contributed by atoms with van der Waals surface area (Å²) in [6, 6.07) is 13.8. The third-order valence-electron chi connectivity index (χ3n) is 8.04. The van der Waals surface area contributed by atoms with Gasteiger partial charge in [-0.3, -0.25) is 29.7 Å². The van der Waals surface area contributed by atoms with Gasteiger partial charge >= 0.3 is 6.03 Å². The summed E-state index contributed by atoms with van der Waals surface area (Å²) < 4.78 is 0. The van der Waals surface area contributed by atoms with Crippen LogP contribution in [0.4, 0.5) is 4.79 Å². The minimum Gasteiger partial charge on any atom is -0.324 e. The van der Waals surface area contributed by atoms with E-state index in [0.29, 0.717) is 31.5 Å². The summed E-state index contributed by atoms with van der Waals surface area (Å²) in [6.07, 6.45) is 4.60. The summed E-state index contributed by atoms with van der Waals surface area (Å²) in [6.45, 7) is 4.53. The normalized spacial score (nSPS) is 17.0. The zero-order chi connectivity index (χ0) is 28.4. The molecule has 1 saturated heterocycles. The zero-order valence-corrected chi connectivity index (χ0v) is 22.4. The molecule has 2 aliphatic rings. The Hall–Kier alpha value is -4.71. The van der Waals surface area contributed by atoms with Gasteiger partial charge in [0.05, 0.1) is 11.3 Å². The molecule has 3 heterocycles. The lowest BCUT2D eigenvalue weighted by Crippen LogP contribution is -2.51.